The largest absolute Gasteiger partial charge is 0.451 e. The first-order valence-electron chi connectivity index (χ1n) is 9.41. The highest BCUT2D eigenvalue weighted by Gasteiger charge is 2.33. The van der Waals surface area contributed by atoms with Crippen LogP contribution in [0.3, 0.4) is 0 Å². The normalized spacial score (nSPS) is 14.2. The number of hydrogen-bond donors (Lipinski definition) is 0. The lowest BCUT2D eigenvalue weighted by Crippen LogP contribution is -2.47. The Hall–Kier alpha value is -3.48. The van der Waals surface area contributed by atoms with Gasteiger partial charge in [-0.25, -0.2) is 0 Å². The number of carbonyl (C=O) groups excluding carboxylic acids is 4. The molecule has 0 aromatic heterocycles. The highest BCUT2D eigenvalue weighted by atomic mass is 16.5. The number of ether oxygens (including phenoxy) is 1. The van der Waals surface area contributed by atoms with Crippen molar-refractivity contribution in [1.29, 1.82) is 0 Å². The number of likely N-dealkylation sites (N-methyl/N-ethyl adjacent to an activating group) is 1. The van der Waals surface area contributed by atoms with Gasteiger partial charge in [0.2, 0.25) is 5.91 Å². The van der Waals surface area contributed by atoms with Crippen LogP contribution in [-0.2, 0) is 25.5 Å². The van der Waals surface area contributed by atoms with Gasteiger partial charge in [-0.2, -0.15) is 0 Å². The summed E-state index contributed by atoms with van der Waals surface area (Å²) in [4.78, 5) is 52.2. The molecule has 2 aromatic carbocycles. The van der Waals surface area contributed by atoms with Gasteiger partial charge in [0.1, 0.15) is 6.54 Å². The molecule has 0 saturated heterocycles. The number of benzene rings is 2. The molecule has 7 nitrogen and oxygen atoms in total. The first-order valence-corrected chi connectivity index (χ1v) is 9.41. The van der Waals surface area contributed by atoms with Gasteiger partial charge in [0.25, 0.3) is 11.8 Å². The molecule has 3 rings (SSSR count). The van der Waals surface area contributed by atoms with Gasteiger partial charge in [0, 0.05) is 17.8 Å². The van der Waals surface area contributed by atoms with Crippen LogP contribution in [0.4, 0.5) is 5.69 Å². The van der Waals surface area contributed by atoms with Gasteiger partial charge in [-0.05, 0) is 37.6 Å². The van der Waals surface area contributed by atoms with E-state index in [-0.39, 0.29) is 12.3 Å². The summed E-state index contributed by atoms with van der Waals surface area (Å²) in [6.07, 6.45) is -1.01. The highest BCUT2D eigenvalue weighted by Crippen LogP contribution is 2.20. The zero-order chi connectivity index (χ0) is 21.0. The number of anilines is 1. The average molecular weight is 394 g/mol. The molecule has 0 bridgehead atoms. The van der Waals surface area contributed by atoms with E-state index in [1.165, 1.54) is 11.8 Å². The van der Waals surface area contributed by atoms with E-state index in [1.54, 1.807) is 36.4 Å². The summed E-state index contributed by atoms with van der Waals surface area (Å²) < 4.78 is 5.23. The summed E-state index contributed by atoms with van der Waals surface area (Å²) in [5, 5.41) is 0. The summed E-state index contributed by atoms with van der Waals surface area (Å²) in [6, 6.07) is 15.8. The maximum absolute atomic E-state index is 12.7. The van der Waals surface area contributed by atoms with Crippen molar-refractivity contribution in [2.75, 3.05) is 18.0 Å². The molecule has 1 heterocycles. The second-order valence-electron chi connectivity index (χ2n) is 6.67. The molecule has 29 heavy (non-hydrogen) atoms. The number of amides is 3. The molecule has 0 fully saturated rings. The van der Waals surface area contributed by atoms with Gasteiger partial charge in [-0.3, -0.25) is 24.1 Å². The van der Waals surface area contributed by atoms with Crippen molar-refractivity contribution < 1.29 is 23.9 Å². The first kappa shape index (κ1) is 20.3. The van der Waals surface area contributed by atoms with Crippen LogP contribution in [0.15, 0.2) is 54.6 Å². The van der Waals surface area contributed by atoms with Gasteiger partial charge in [-0.1, -0.05) is 36.4 Å². The van der Waals surface area contributed by atoms with E-state index < -0.39 is 30.4 Å². The highest BCUT2D eigenvalue weighted by molar-refractivity contribution is 6.11. The molecule has 0 radical (unpaired) electrons. The molecule has 150 valence electrons. The van der Waals surface area contributed by atoms with E-state index in [9.17, 15) is 19.2 Å². The summed E-state index contributed by atoms with van der Waals surface area (Å²) in [7, 11) is 0. The number of para-hydroxylation sites is 1. The lowest BCUT2D eigenvalue weighted by atomic mass is 9.98. The Morgan fingerprint density at radius 2 is 1.72 bits per heavy atom. The molecule has 0 aliphatic carbocycles. The summed E-state index contributed by atoms with van der Waals surface area (Å²) in [6.45, 7) is 3.18. The van der Waals surface area contributed by atoms with Crippen LogP contribution in [0, 0.1) is 0 Å². The predicted octanol–water partition coefficient (Wildman–Crippen LogP) is 2.20. The van der Waals surface area contributed by atoms with Crippen molar-refractivity contribution in [1.82, 2.24) is 4.90 Å². The zero-order valence-corrected chi connectivity index (χ0v) is 16.3. The second kappa shape index (κ2) is 8.68. The number of fused-ring (bicyclic) bond motifs is 1. The molecule has 1 atom stereocenters. The average Bonchev–Trinajstić information content (AvgIpc) is 2.72. The van der Waals surface area contributed by atoms with Crippen molar-refractivity contribution in [3.05, 3.63) is 65.7 Å². The fourth-order valence-corrected chi connectivity index (χ4v) is 3.27. The number of carbonyl (C=O) groups is 4. The number of nitrogens with zero attached hydrogens (tertiary/aromatic N) is 2. The molecule has 1 aliphatic heterocycles. The molecule has 2 aromatic rings. The number of imide groups is 1. The Kier molecular flexibility index (Phi) is 6.07. The Morgan fingerprint density at radius 1 is 1.07 bits per heavy atom. The van der Waals surface area contributed by atoms with E-state index >= 15 is 0 Å². The quantitative estimate of drug-likeness (QED) is 0.554. The van der Waals surface area contributed by atoms with Gasteiger partial charge in [-0.15, -0.1) is 0 Å². The lowest BCUT2D eigenvalue weighted by Gasteiger charge is -2.27. The van der Waals surface area contributed by atoms with E-state index in [1.807, 2.05) is 25.1 Å². The maximum Gasteiger partial charge on any atom is 0.326 e. The van der Waals surface area contributed by atoms with Gasteiger partial charge in [0.05, 0.1) is 6.42 Å². The SMILES string of the molecule is CCN(C(=O)[C@@H](C)OC(=O)CN1C(=O)Cc2ccccc2C1=O)c1ccccc1. The monoisotopic (exact) mass is 394 g/mol. The second-order valence-corrected chi connectivity index (χ2v) is 6.67. The minimum absolute atomic E-state index is 0.0430. The molecular weight excluding hydrogens is 372 g/mol. The molecule has 0 N–H and O–H groups in total. The van der Waals surface area contributed by atoms with E-state index in [2.05, 4.69) is 0 Å². The molecular formula is C22H22N2O5. The van der Waals surface area contributed by atoms with E-state index in [0.29, 0.717) is 23.4 Å². The minimum Gasteiger partial charge on any atom is -0.451 e. The smallest absolute Gasteiger partial charge is 0.326 e. The number of rotatable bonds is 6. The summed E-state index contributed by atoms with van der Waals surface area (Å²) in [5.74, 6) is -2.19. The van der Waals surface area contributed by atoms with Crippen molar-refractivity contribution in [3.8, 4) is 0 Å². The third-order valence-electron chi connectivity index (χ3n) is 4.73. The minimum atomic E-state index is -1.05. The summed E-state index contributed by atoms with van der Waals surface area (Å²) in [5.41, 5.74) is 1.73. The third kappa shape index (κ3) is 4.34. The van der Waals surface area contributed by atoms with Gasteiger partial charge in [0.15, 0.2) is 6.10 Å². The van der Waals surface area contributed by atoms with Crippen molar-refractivity contribution in [2.45, 2.75) is 26.4 Å². The predicted molar refractivity (Wildman–Crippen MR) is 106 cm³/mol. The maximum atomic E-state index is 12.7. The van der Waals surface area contributed by atoms with Crippen molar-refractivity contribution >= 4 is 29.4 Å². The fraction of sp³-hybridized carbons (Fsp3) is 0.273. The van der Waals surface area contributed by atoms with E-state index in [0.717, 1.165) is 4.90 Å². The molecule has 7 heteroatoms. The van der Waals surface area contributed by atoms with Crippen LogP contribution >= 0.6 is 0 Å². The van der Waals surface area contributed by atoms with Crippen LogP contribution in [0.2, 0.25) is 0 Å². The van der Waals surface area contributed by atoms with Crippen molar-refractivity contribution in [2.24, 2.45) is 0 Å². The van der Waals surface area contributed by atoms with E-state index in [4.69, 9.17) is 4.74 Å². The Balaban J connectivity index is 1.65. The molecule has 0 saturated carbocycles. The Bertz CT molecular complexity index is 941. The molecule has 3 amide bonds. The first-order chi connectivity index (χ1) is 13.9. The number of esters is 1. The Labute approximate surface area is 168 Å². The molecule has 1 aliphatic rings. The standard InChI is InChI=1S/C22H22N2O5/c1-3-23(17-10-5-4-6-11-17)21(27)15(2)29-20(26)14-24-19(25)13-16-9-7-8-12-18(16)22(24)28/h4-12,15H,3,13-14H2,1-2H3/t15-/m1/s1. The van der Waals surface area contributed by atoms with Crippen LogP contribution in [0.1, 0.15) is 29.8 Å². The van der Waals surface area contributed by atoms with Gasteiger partial charge < -0.3 is 9.64 Å². The number of hydrogen-bond acceptors (Lipinski definition) is 5. The zero-order valence-electron chi connectivity index (χ0n) is 16.3. The van der Waals surface area contributed by atoms with Crippen molar-refractivity contribution in [3.63, 3.8) is 0 Å². The topological polar surface area (TPSA) is 84.0 Å². The Morgan fingerprint density at radius 3 is 2.41 bits per heavy atom. The third-order valence-corrected chi connectivity index (χ3v) is 4.73. The fourth-order valence-electron chi connectivity index (χ4n) is 3.27. The van der Waals surface area contributed by atoms with Crippen LogP contribution < -0.4 is 4.90 Å². The van der Waals surface area contributed by atoms with Crippen LogP contribution in [0.25, 0.3) is 0 Å². The lowest BCUT2D eigenvalue weighted by molar-refractivity contribution is -0.156. The van der Waals surface area contributed by atoms with Crippen LogP contribution in [-0.4, -0.2) is 47.8 Å². The molecule has 0 unspecified atom stereocenters. The van der Waals surface area contributed by atoms with Crippen LogP contribution in [0.5, 0.6) is 0 Å². The summed E-state index contributed by atoms with van der Waals surface area (Å²) >= 11 is 0. The molecule has 0 spiro atoms. The van der Waals surface area contributed by atoms with Gasteiger partial charge >= 0.3 is 5.97 Å².